The van der Waals surface area contributed by atoms with Crippen LogP contribution in [0.1, 0.15) is 25.7 Å². The van der Waals surface area contributed by atoms with Gasteiger partial charge in [-0.1, -0.05) is 12.8 Å². The highest BCUT2D eigenvalue weighted by Gasteiger charge is 2.30. The number of nitrogens with one attached hydrogen (secondary N) is 1. The maximum Gasteiger partial charge on any atom is 0.0831 e. The molecule has 2 heterocycles. The van der Waals surface area contributed by atoms with Gasteiger partial charge in [0.2, 0.25) is 0 Å². The van der Waals surface area contributed by atoms with Crippen LogP contribution in [0.15, 0.2) is 0 Å². The third-order valence-corrected chi connectivity index (χ3v) is 3.26. The van der Waals surface area contributed by atoms with Crippen molar-refractivity contribution < 1.29 is 5.11 Å². The number of β-amino-alcohol motifs (C(OH)–C–C–N with tert-alkyl or cyclic N) is 1. The van der Waals surface area contributed by atoms with Crippen molar-refractivity contribution in [3.05, 3.63) is 0 Å². The molecule has 3 heteroatoms. The minimum Gasteiger partial charge on any atom is -0.390 e. The van der Waals surface area contributed by atoms with Gasteiger partial charge in [-0.3, -0.25) is 4.90 Å². The average molecular weight is 184 g/mol. The van der Waals surface area contributed by atoms with Gasteiger partial charge < -0.3 is 10.4 Å². The first-order valence-corrected chi connectivity index (χ1v) is 5.51. The van der Waals surface area contributed by atoms with Crippen molar-refractivity contribution in [3.63, 3.8) is 0 Å². The van der Waals surface area contributed by atoms with Crippen molar-refractivity contribution in [2.45, 2.75) is 37.8 Å². The molecule has 3 nitrogen and oxygen atoms in total. The van der Waals surface area contributed by atoms with E-state index in [-0.39, 0.29) is 6.10 Å². The minimum atomic E-state index is -0.141. The van der Waals surface area contributed by atoms with E-state index in [4.69, 9.17) is 0 Å². The van der Waals surface area contributed by atoms with E-state index in [1.807, 2.05) is 0 Å². The molecular weight excluding hydrogens is 164 g/mol. The number of nitrogens with zero attached hydrogens (tertiary/aromatic N) is 1. The lowest BCUT2D eigenvalue weighted by Crippen LogP contribution is -2.43. The van der Waals surface area contributed by atoms with Gasteiger partial charge in [0.1, 0.15) is 0 Å². The summed E-state index contributed by atoms with van der Waals surface area (Å²) >= 11 is 0. The van der Waals surface area contributed by atoms with Crippen LogP contribution in [0.2, 0.25) is 0 Å². The summed E-state index contributed by atoms with van der Waals surface area (Å²) in [7, 11) is 0. The fourth-order valence-electron chi connectivity index (χ4n) is 2.45. The normalized spacial score (nSPS) is 37.6. The van der Waals surface area contributed by atoms with E-state index in [9.17, 15) is 5.11 Å². The van der Waals surface area contributed by atoms with E-state index in [1.165, 1.54) is 38.8 Å². The molecule has 13 heavy (non-hydrogen) atoms. The summed E-state index contributed by atoms with van der Waals surface area (Å²) in [5.41, 5.74) is 0. The first-order valence-electron chi connectivity index (χ1n) is 5.51. The molecule has 0 aromatic carbocycles. The Labute approximate surface area is 80.1 Å². The number of aliphatic hydroxyl groups excluding tert-OH is 1. The molecular formula is C10H20N2O. The molecule has 0 spiro atoms. The number of hydrogen-bond acceptors (Lipinski definition) is 3. The van der Waals surface area contributed by atoms with Crippen LogP contribution in [-0.2, 0) is 0 Å². The van der Waals surface area contributed by atoms with Crippen LogP contribution < -0.4 is 5.32 Å². The Hall–Kier alpha value is -0.120. The maximum absolute atomic E-state index is 9.73. The molecule has 0 aromatic rings. The minimum absolute atomic E-state index is 0.141. The Kier molecular flexibility index (Phi) is 3.19. The smallest absolute Gasteiger partial charge is 0.0831 e. The van der Waals surface area contributed by atoms with Gasteiger partial charge in [-0.25, -0.2) is 0 Å². The van der Waals surface area contributed by atoms with Crippen molar-refractivity contribution in [1.29, 1.82) is 0 Å². The Bertz CT molecular complexity index is 155. The van der Waals surface area contributed by atoms with Gasteiger partial charge in [0, 0.05) is 19.1 Å². The van der Waals surface area contributed by atoms with E-state index in [0.29, 0.717) is 6.04 Å². The topological polar surface area (TPSA) is 35.5 Å². The third-order valence-electron chi connectivity index (χ3n) is 3.26. The van der Waals surface area contributed by atoms with Gasteiger partial charge >= 0.3 is 0 Å². The highest BCUT2D eigenvalue weighted by atomic mass is 16.3. The van der Waals surface area contributed by atoms with Crippen LogP contribution >= 0.6 is 0 Å². The van der Waals surface area contributed by atoms with Gasteiger partial charge in [0.05, 0.1) is 6.10 Å². The molecule has 0 bridgehead atoms. The number of hydrogen-bond donors (Lipinski definition) is 2. The van der Waals surface area contributed by atoms with E-state index in [0.717, 1.165) is 13.1 Å². The summed E-state index contributed by atoms with van der Waals surface area (Å²) < 4.78 is 0. The molecule has 0 saturated carbocycles. The molecule has 0 amide bonds. The number of aliphatic hydroxyl groups is 1. The van der Waals surface area contributed by atoms with Gasteiger partial charge in [-0.15, -0.1) is 0 Å². The zero-order valence-electron chi connectivity index (χ0n) is 8.21. The van der Waals surface area contributed by atoms with Crippen LogP contribution in [-0.4, -0.2) is 48.3 Å². The second-order valence-corrected chi connectivity index (χ2v) is 4.24. The molecule has 76 valence electrons. The van der Waals surface area contributed by atoms with Crippen molar-refractivity contribution in [2.24, 2.45) is 0 Å². The predicted molar refractivity (Wildman–Crippen MR) is 52.7 cm³/mol. The molecule has 0 radical (unpaired) electrons. The first kappa shape index (κ1) is 9.44. The molecule has 2 saturated heterocycles. The molecule has 2 aliphatic rings. The van der Waals surface area contributed by atoms with Crippen molar-refractivity contribution in [2.75, 3.05) is 26.2 Å². The molecule has 2 rings (SSSR count). The second kappa shape index (κ2) is 4.40. The van der Waals surface area contributed by atoms with Crippen LogP contribution in [0.4, 0.5) is 0 Å². The Balaban J connectivity index is 1.89. The SMILES string of the molecule is O[C@@H]1CNC[C@@H]1N1CCCCCC1. The summed E-state index contributed by atoms with van der Waals surface area (Å²) in [6.07, 6.45) is 5.21. The van der Waals surface area contributed by atoms with E-state index < -0.39 is 0 Å². The van der Waals surface area contributed by atoms with Crippen LogP contribution in [0.5, 0.6) is 0 Å². The van der Waals surface area contributed by atoms with E-state index in [2.05, 4.69) is 10.2 Å². The monoisotopic (exact) mass is 184 g/mol. The average Bonchev–Trinajstić information content (AvgIpc) is 2.43. The standard InChI is InChI=1S/C10H20N2O/c13-10-8-11-7-9(10)12-5-3-1-2-4-6-12/h9-11,13H,1-8H2/t9-,10+/m0/s1. The highest BCUT2D eigenvalue weighted by Crippen LogP contribution is 2.16. The van der Waals surface area contributed by atoms with Crippen LogP contribution in [0.25, 0.3) is 0 Å². The lowest BCUT2D eigenvalue weighted by atomic mass is 10.2. The number of likely N-dealkylation sites (tertiary alicyclic amines) is 1. The Morgan fingerprint density at radius 1 is 1.00 bits per heavy atom. The van der Waals surface area contributed by atoms with E-state index >= 15 is 0 Å². The highest BCUT2D eigenvalue weighted by molar-refractivity contribution is 4.88. The molecule has 0 unspecified atom stereocenters. The molecule has 2 aliphatic heterocycles. The quantitative estimate of drug-likeness (QED) is 0.611. The molecule has 2 atom stereocenters. The molecule has 0 aliphatic carbocycles. The maximum atomic E-state index is 9.73. The lowest BCUT2D eigenvalue weighted by Gasteiger charge is -2.28. The van der Waals surface area contributed by atoms with Crippen molar-refractivity contribution >= 4 is 0 Å². The summed E-state index contributed by atoms with van der Waals surface area (Å²) in [5.74, 6) is 0. The van der Waals surface area contributed by atoms with Gasteiger partial charge in [-0.2, -0.15) is 0 Å². The molecule has 2 N–H and O–H groups in total. The fraction of sp³-hybridized carbons (Fsp3) is 1.00. The van der Waals surface area contributed by atoms with Gasteiger partial charge in [0.25, 0.3) is 0 Å². The Morgan fingerprint density at radius 2 is 1.69 bits per heavy atom. The summed E-state index contributed by atoms with van der Waals surface area (Å²) in [5, 5.41) is 13.0. The van der Waals surface area contributed by atoms with Crippen LogP contribution in [0.3, 0.4) is 0 Å². The molecule has 0 aromatic heterocycles. The number of rotatable bonds is 1. The zero-order valence-corrected chi connectivity index (χ0v) is 8.21. The summed E-state index contributed by atoms with van der Waals surface area (Å²) in [6, 6.07) is 0.387. The lowest BCUT2D eigenvalue weighted by molar-refractivity contribution is 0.0853. The Morgan fingerprint density at radius 3 is 2.23 bits per heavy atom. The van der Waals surface area contributed by atoms with Gasteiger partial charge in [-0.05, 0) is 25.9 Å². The van der Waals surface area contributed by atoms with Crippen LogP contribution in [0, 0.1) is 0 Å². The fourth-order valence-corrected chi connectivity index (χ4v) is 2.45. The zero-order chi connectivity index (χ0) is 9.10. The van der Waals surface area contributed by atoms with E-state index in [1.54, 1.807) is 0 Å². The van der Waals surface area contributed by atoms with Crippen molar-refractivity contribution in [3.8, 4) is 0 Å². The predicted octanol–water partition coefficient (Wildman–Crippen LogP) is 0.195. The second-order valence-electron chi connectivity index (χ2n) is 4.24. The van der Waals surface area contributed by atoms with Crippen molar-refractivity contribution in [1.82, 2.24) is 10.2 Å². The third kappa shape index (κ3) is 2.22. The summed E-state index contributed by atoms with van der Waals surface area (Å²) in [4.78, 5) is 2.47. The van der Waals surface area contributed by atoms with Gasteiger partial charge in [0.15, 0.2) is 0 Å². The summed E-state index contributed by atoms with van der Waals surface area (Å²) in [6.45, 7) is 4.12. The molecule has 2 fully saturated rings. The first-order chi connectivity index (χ1) is 6.38. The largest absolute Gasteiger partial charge is 0.390 e.